The van der Waals surface area contributed by atoms with E-state index in [1.165, 1.54) is 0 Å². The number of esters is 1. The van der Waals surface area contributed by atoms with Gasteiger partial charge in [0.25, 0.3) is 0 Å². The number of carbonyl (C=O) groups is 1. The molecule has 0 radical (unpaired) electrons. The summed E-state index contributed by atoms with van der Waals surface area (Å²) < 4.78 is 4.68. The standard InChI is InChI=1S/C7H12O2S/c1-7(2-3-7)4-6(8)9-5-10/h10H,2-5H2,1H3. The lowest BCUT2D eigenvalue weighted by molar-refractivity contribution is -0.142. The highest BCUT2D eigenvalue weighted by Gasteiger charge is 2.39. The summed E-state index contributed by atoms with van der Waals surface area (Å²) in [5.41, 5.74) is 0.264. The number of ether oxygens (including phenoxy) is 1. The molecule has 0 aromatic rings. The Morgan fingerprint density at radius 1 is 1.70 bits per heavy atom. The molecule has 0 N–H and O–H groups in total. The van der Waals surface area contributed by atoms with Crippen LogP contribution in [-0.2, 0) is 9.53 Å². The van der Waals surface area contributed by atoms with E-state index in [0.29, 0.717) is 6.42 Å². The summed E-state index contributed by atoms with van der Waals surface area (Å²) >= 11 is 3.79. The molecule has 1 fully saturated rings. The van der Waals surface area contributed by atoms with Crippen LogP contribution in [0.2, 0.25) is 0 Å². The minimum atomic E-state index is -0.116. The van der Waals surface area contributed by atoms with E-state index in [1.54, 1.807) is 0 Å². The van der Waals surface area contributed by atoms with Crippen LogP contribution in [0.1, 0.15) is 26.2 Å². The van der Waals surface area contributed by atoms with Crippen molar-refractivity contribution in [3.8, 4) is 0 Å². The first-order valence-corrected chi connectivity index (χ1v) is 4.06. The van der Waals surface area contributed by atoms with Crippen molar-refractivity contribution in [2.75, 3.05) is 5.94 Å². The molecule has 1 saturated carbocycles. The van der Waals surface area contributed by atoms with Gasteiger partial charge in [0.2, 0.25) is 0 Å². The van der Waals surface area contributed by atoms with Gasteiger partial charge in [-0.2, -0.15) is 0 Å². The van der Waals surface area contributed by atoms with E-state index in [-0.39, 0.29) is 17.3 Å². The van der Waals surface area contributed by atoms with Crippen molar-refractivity contribution in [2.45, 2.75) is 26.2 Å². The third kappa shape index (κ3) is 2.21. The average Bonchev–Trinajstić information content (AvgIpc) is 2.48. The second-order valence-corrected chi connectivity index (χ2v) is 3.39. The summed E-state index contributed by atoms with van der Waals surface area (Å²) in [7, 11) is 0. The number of carbonyl (C=O) groups excluding carboxylic acids is 1. The predicted octanol–water partition coefficient (Wildman–Crippen LogP) is 1.61. The Balaban J connectivity index is 2.18. The van der Waals surface area contributed by atoms with E-state index < -0.39 is 0 Å². The largest absolute Gasteiger partial charge is 0.455 e. The van der Waals surface area contributed by atoms with Crippen molar-refractivity contribution >= 4 is 18.6 Å². The van der Waals surface area contributed by atoms with E-state index >= 15 is 0 Å². The fourth-order valence-electron chi connectivity index (χ4n) is 0.862. The van der Waals surface area contributed by atoms with Gasteiger partial charge in [0, 0.05) is 0 Å². The summed E-state index contributed by atoms with van der Waals surface area (Å²) in [5.74, 6) is 0.0875. The molecule has 1 aliphatic rings. The van der Waals surface area contributed by atoms with Crippen LogP contribution < -0.4 is 0 Å². The summed E-state index contributed by atoms with van der Waals surface area (Å²) in [6, 6.07) is 0. The molecule has 0 bridgehead atoms. The maximum atomic E-state index is 10.8. The molecule has 0 heterocycles. The third-order valence-corrected chi connectivity index (χ3v) is 2.03. The fourth-order valence-corrected chi connectivity index (χ4v) is 1.01. The molecule has 0 amide bonds. The number of hydrogen-bond acceptors (Lipinski definition) is 3. The Kier molecular flexibility index (Phi) is 2.24. The lowest BCUT2D eigenvalue weighted by Crippen LogP contribution is -2.08. The van der Waals surface area contributed by atoms with Crippen LogP contribution in [0.25, 0.3) is 0 Å². The minimum absolute atomic E-state index is 0.116. The van der Waals surface area contributed by atoms with Crippen LogP contribution in [0.5, 0.6) is 0 Å². The molecule has 10 heavy (non-hydrogen) atoms. The zero-order valence-electron chi connectivity index (χ0n) is 6.09. The molecule has 58 valence electrons. The van der Waals surface area contributed by atoms with Gasteiger partial charge in [0.05, 0.1) is 6.42 Å². The van der Waals surface area contributed by atoms with E-state index in [2.05, 4.69) is 24.3 Å². The Morgan fingerprint density at radius 2 is 2.30 bits per heavy atom. The molecule has 2 nitrogen and oxygen atoms in total. The molecule has 1 aliphatic carbocycles. The van der Waals surface area contributed by atoms with Crippen molar-refractivity contribution in [1.82, 2.24) is 0 Å². The Labute approximate surface area is 66.4 Å². The second-order valence-electron chi connectivity index (χ2n) is 3.13. The van der Waals surface area contributed by atoms with Crippen LogP contribution in [0.4, 0.5) is 0 Å². The SMILES string of the molecule is CC1(CC(=O)OCS)CC1. The Bertz CT molecular complexity index is 141. The highest BCUT2D eigenvalue weighted by molar-refractivity contribution is 7.80. The zero-order chi connectivity index (χ0) is 7.61. The lowest BCUT2D eigenvalue weighted by Gasteiger charge is -2.05. The topological polar surface area (TPSA) is 26.3 Å². The van der Waals surface area contributed by atoms with Crippen LogP contribution in [0.3, 0.4) is 0 Å². The first-order chi connectivity index (χ1) is 4.66. The highest BCUT2D eigenvalue weighted by atomic mass is 32.1. The predicted molar refractivity (Wildman–Crippen MR) is 41.9 cm³/mol. The maximum absolute atomic E-state index is 10.8. The van der Waals surface area contributed by atoms with Gasteiger partial charge in [-0.05, 0) is 18.3 Å². The van der Waals surface area contributed by atoms with Gasteiger partial charge in [-0.15, -0.1) is 12.6 Å². The van der Waals surface area contributed by atoms with Gasteiger partial charge in [0.15, 0.2) is 0 Å². The van der Waals surface area contributed by atoms with Crippen molar-refractivity contribution in [1.29, 1.82) is 0 Å². The van der Waals surface area contributed by atoms with Crippen molar-refractivity contribution in [3.63, 3.8) is 0 Å². The number of thiol groups is 1. The molecule has 1 rings (SSSR count). The normalized spacial score (nSPS) is 20.2. The minimum Gasteiger partial charge on any atom is -0.455 e. The number of hydrogen-bond donors (Lipinski definition) is 1. The summed E-state index contributed by atoms with van der Waals surface area (Å²) in [6.07, 6.45) is 2.89. The van der Waals surface area contributed by atoms with Gasteiger partial charge < -0.3 is 4.74 Å². The van der Waals surface area contributed by atoms with Crippen LogP contribution >= 0.6 is 12.6 Å². The molecule has 0 unspecified atom stereocenters. The van der Waals surface area contributed by atoms with Gasteiger partial charge in [-0.3, -0.25) is 4.79 Å². The summed E-state index contributed by atoms with van der Waals surface area (Å²) in [5, 5.41) is 0. The average molecular weight is 160 g/mol. The lowest BCUT2D eigenvalue weighted by atomic mass is 10.1. The van der Waals surface area contributed by atoms with E-state index in [1.807, 2.05) is 0 Å². The van der Waals surface area contributed by atoms with Crippen molar-refractivity contribution in [2.24, 2.45) is 5.41 Å². The molecule has 0 aliphatic heterocycles. The van der Waals surface area contributed by atoms with Gasteiger partial charge in [0.1, 0.15) is 5.94 Å². The summed E-state index contributed by atoms with van der Waals surface area (Å²) in [4.78, 5) is 10.8. The molecule has 0 aromatic heterocycles. The monoisotopic (exact) mass is 160 g/mol. The Hall–Kier alpha value is -0.180. The quantitative estimate of drug-likeness (QED) is 0.385. The molecule has 0 atom stereocenters. The second kappa shape index (κ2) is 2.82. The van der Waals surface area contributed by atoms with Crippen molar-refractivity contribution < 1.29 is 9.53 Å². The van der Waals surface area contributed by atoms with Crippen LogP contribution in [0.15, 0.2) is 0 Å². The number of rotatable bonds is 3. The molecular weight excluding hydrogens is 148 g/mol. The molecule has 0 spiro atoms. The maximum Gasteiger partial charge on any atom is 0.307 e. The smallest absolute Gasteiger partial charge is 0.307 e. The van der Waals surface area contributed by atoms with Crippen LogP contribution in [-0.4, -0.2) is 11.9 Å². The molecular formula is C7H12O2S. The van der Waals surface area contributed by atoms with Crippen molar-refractivity contribution in [3.05, 3.63) is 0 Å². The zero-order valence-corrected chi connectivity index (χ0v) is 6.99. The molecule has 0 saturated heterocycles. The first-order valence-electron chi connectivity index (χ1n) is 3.43. The fraction of sp³-hybridized carbons (Fsp3) is 0.857. The van der Waals surface area contributed by atoms with Gasteiger partial charge in [-0.25, -0.2) is 0 Å². The first kappa shape index (κ1) is 7.92. The molecule has 3 heteroatoms. The van der Waals surface area contributed by atoms with Gasteiger partial charge >= 0.3 is 5.97 Å². The van der Waals surface area contributed by atoms with E-state index in [0.717, 1.165) is 12.8 Å². The highest BCUT2D eigenvalue weighted by Crippen LogP contribution is 2.48. The van der Waals surface area contributed by atoms with Crippen LogP contribution in [0, 0.1) is 5.41 Å². The van der Waals surface area contributed by atoms with E-state index in [9.17, 15) is 4.79 Å². The third-order valence-electron chi connectivity index (χ3n) is 1.90. The summed E-state index contributed by atoms with van der Waals surface area (Å²) in [6.45, 7) is 2.10. The van der Waals surface area contributed by atoms with Gasteiger partial charge in [-0.1, -0.05) is 6.92 Å². The molecule has 0 aromatic carbocycles. The Morgan fingerprint density at radius 3 is 2.70 bits per heavy atom. The van der Waals surface area contributed by atoms with E-state index in [4.69, 9.17) is 0 Å².